The quantitative estimate of drug-likeness (QED) is 0.114. The maximum absolute atomic E-state index is 13.6. The van der Waals surface area contributed by atoms with Gasteiger partial charge in [-0.2, -0.15) is 0 Å². The summed E-state index contributed by atoms with van der Waals surface area (Å²) in [7, 11) is 3.25. The maximum atomic E-state index is 13.6. The van der Waals surface area contributed by atoms with E-state index < -0.39 is 12.1 Å². The summed E-state index contributed by atoms with van der Waals surface area (Å²) in [6.07, 6.45) is 2.03. The summed E-state index contributed by atoms with van der Waals surface area (Å²) in [5.41, 5.74) is 8.70. The van der Waals surface area contributed by atoms with E-state index in [0.717, 1.165) is 0 Å². The molecule has 13 nitrogen and oxygen atoms in total. The SMILES string of the molecule is COc1ccc(NC(=O)N(C)C[C@H]2Oc3ccc(NC(=O)CCCCCC(=O)Nc4ccccc4N)cc3CC(=O)N([C@@H](C)CO)C[C@@H]2C)cc1. The number of ether oxygens (including phenoxy) is 2. The molecule has 1 heterocycles. The number of methoxy groups -OCH3 is 1. The number of urea groups is 1. The van der Waals surface area contributed by atoms with Crippen LogP contribution in [-0.2, 0) is 20.8 Å². The molecule has 0 saturated heterocycles. The van der Waals surface area contributed by atoms with Crippen LogP contribution >= 0.6 is 0 Å². The van der Waals surface area contributed by atoms with Crippen molar-refractivity contribution in [2.45, 2.75) is 64.5 Å². The highest BCUT2D eigenvalue weighted by molar-refractivity contribution is 5.94. The minimum atomic E-state index is -0.498. The van der Waals surface area contributed by atoms with Crippen molar-refractivity contribution in [3.8, 4) is 11.5 Å². The van der Waals surface area contributed by atoms with Gasteiger partial charge in [0.05, 0.1) is 44.1 Å². The van der Waals surface area contributed by atoms with Crippen molar-refractivity contribution < 1.29 is 33.8 Å². The van der Waals surface area contributed by atoms with Crippen molar-refractivity contribution in [2.24, 2.45) is 5.92 Å². The van der Waals surface area contributed by atoms with Gasteiger partial charge in [-0.1, -0.05) is 25.5 Å². The van der Waals surface area contributed by atoms with Crippen molar-refractivity contribution in [3.63, 3.8) is 0 Å². The van der Waals surface area contributed by atoms with E-state index in [0.29, 0.717) is 72.0 Å². The maximum Gasteiger partial charge on any atom is 0.321 e. The van der Waals surface area contributed by atoms with Crippen LogP contribution in [-0.4, -0.2) is 84.7 Å². The van der Waals surface area contributed by atoms with Crippen LogP contribution in [0.25, 0.3) is 0 Å². The number of likely N-dealkylation sites (N-methyl/N-ethyl adjacent to an activating group) is 1. The van der Waals surface area contributed by atoms with Crippen LogP contribution in [0.15, 0.2) is 66.7 Å². The van der Waals surface area contributed by atoms with Crippen molar-refractivity contribution in [2.75, 3.05) is 55.5 Å². The fraction of sp³-hybridized carbons (Fsp3) is 0.421. The number of para-hydroxylation sites is 2. The third-order valence-corrected chi connectivity index (χ3v) is 8.88. The number of rotatable bonds is 14. The first kappa shape index (κ1) is 38.5. The van der Waals surface area contributed by atoms with Crippen molar-refractivity contribution in [1.29, 1.82) is 0 Å². The van der Waals surface area contributed by atoms with Crippen molar-refractivity contribution in [1.82, 2.24) is 9.80 Å². The van der Waals surface area contributed by atoms with Gasteiger partial charge in [0.2, 0.25) is 17.7 Å². The number of nitrogens with one attached hydrogen (secondary N) is 3. The molecule has 0 fully saturated rings. The second-order valence-corrected chi connectivity index (χ2v) is 13.0. The van der Waals surface area contributed by atoms with Crippen LogP contribution < -0.4 is 31.2 Å². The molecule has 13 heteroatoms. The standard InChI is InChI=1S/C38H50N6O7/c1-25-22-44(26(2)24-45)37(48)21-27-20-29(40-35(46)12-6-5-7-13-36(47)42-32-11-9-8-10-31(32)39)16-19-33(27)51-34(25)23-43(3)38(49)41-28-14-17-30(50-4)18-15-28/h8-11,14-20,25-26,34,45H,5-7,12-13,21-24,39H2,1-4H3,(H,40,46)(H,41,49)(H,42,47)/t25-,26-,34+/m0/s1. The molecule has 1 aliphatic rings. The first-order valence-electron chi connectivity index (χ1n) is 17.3. The van der Waals surface area contributed by atoms with E-state index in [1.165, 1.54) is 4.90 Å². The highest BCUT2D eigenvalue weighted by Crippen LogP contribution is 2.30. The zero-order valence-corrected chi connectivity index (χ0v) is 29.8. The van der Waals surface area contributed by atoms with Gasteiger partial charge in [-0.05, 0) is 74.4 Å². The number of nitrogen functional groups attached to an aromatic ring is 1. The molecule has 3 aromatic carbocycles. The normalized spacial score (nSPS) is 16.3. The summed E-state index contributed by atoms with van der Waals surface area (Å²) in [5.74, 6) is 0.470. The average Bonchev–Trinajstić information content (AvgIpc) is 3.16. The van der Waals surface area contributed by atoms with E-state index in [1.807, 2.05) is 6.92 Å². The Hall–Kier alpha value is -5.30. The first-order chi connectivity index (χ1) is 24.5. The molecule has 0 radical (unpaired) electrons. The van der Waals surface area contributed by atoms with Gasteiger partial charge in [-0.3, -0.25) is 14.4 Å². The molecule has 3 atom stereocenters. The Kier molecular flexibility index (Phi) is 14.1. The molecule has 6 N–H and O–H groups in total. The number of aliphatic hydroxyl groups is 1. The topological polar surface area (TPSA) is 176 Å². The number of hydrogen-bond donors (Lipinski definition) is 5. The third-order valence-electron chi connectivity index (χ3n) is 8.88. The number of carbonyl (C=O) groups excluding carboxylic acids is 4. The van der Waals surface area contributed by atoms with Gasteiger partial charge in [0.1, 0.15) is 17.6 Å². The van der Waals surface area contributed by atoms with Gasteiger partial charge in [0.15, 0.2) is 0 Å². The Morgan fingerprint density at radius 1 is 0.980 bits per heavy atom. The van der Waals surface area contributed by atoms with Crippen LogP contribution in [0.5, 0.6) is 11.5 Å². The fourth-order valence-electron chi connectivity index (χ4n) is 5.77. The predicted molar refractivity (Wildman–Crippen MR) is 198 cm³/mol. The van der Waals surface area contributed by atoms with Crippen LogP contribution in [0.2, 0.25) is 0 Å². The summed E-state index contributed by atoms with van der Waals surface area (Å²) < 4.78 is 11.7. The summed E-state index contributed by atoms with van der Waals surface area (Å²) in [5, 5.41) is 18.6. The Bertz CT molecular complexity index is 1650. The molecule has 4 rings (SSSR count). The number of aliphatic hydroxyl groups excluding tert-OH is 1. The second-order valence-electron chi connectivity index (χ2n) is 13.0. The predicted octanol–water partition coefficient (Wildman–Crippen LogP) is 5.12. The number of unbranched alkanes of at least 4 members (excludes halogenated alkanes) is 2. The number of hydrogen-bond acceptors (Lipinski definition) is 8. The summed E-state index contributed by atoms with van der Waals surface area (Å²) in [6.45, 7) is 4.08. The lowest BCUT2D eigenvalue weighted by Crippen LogP contribution is -2.48. The number of fused-ring (bicyclic) bond motifs is 1. The van der Waals surface area contributed by atoms with E-state index in [2.05, 4.69) is 16.0 Å². The van der Waals surface area contributed by atoms with Crippen molar-refractivity contribution in [3.05, 3.63) is 72.3 Å². The van der Waals surface area contributed by atoms with E-state index in [9.17, 15) is 24.3 Å². The Labute approximate surface area is 299 Å². The molecule has 0 aliphatic carbocycles. The van der Waals surface area contributed by atoms with E-state index >= 15 is 0 Å². The highest BCUT2D eigenvalue weighted by Gasteiger charge is 2.32. The van der Waals surface area contributed by atoms with E-state index in [-0.39, 0.29) is 55.7 Å². The van der Waals surface area contributed by atoms with Crippen LogP contribution in [0.4, 0.5) is 27.5 Å². The smallest absolute Gasteiger partial charge is 0.321 e. The first-order valence-corrected chi connectivity index (χ1v) is 17.3. The number of benzene rings is 3. The van der Waals surface area contributed by atoms with Crippen molar-refractivity contribution >= 4 is 46.5 Å². The van der Waals surface area contributed by atoms with Gasteiger partial charge in [0.25, 0.3) is 0 Å². The lowest BCUT2D eigenvalue weighted by molar-refractivity contribution is -0.134. The zero-order chi connectivity index (χ0) is 36.9. The number of nitrogens with two attached hydrogens (primary N) is 1. The van der Waals surface area contributed by atoms with Gasteiger partial charge in [-0.15, -0.1) is 0 Å². The highest BCUT2D eigenvalue weighted by atomic mass is 16.5. The summed E-state index contributed by atoms with van der Waals surface area (Å²) >= 11 is 0. The molecule has 5 amide bonds. The molecule has 274 valence electrons. The fourth-order valence-corrected chi connectivity index (χ4v) is 5.77. The molecule has 0 unspecified atom stereocenters. The minimum absolute atomic E-state index is 0.00726. The molecular formula is C38H50N6O7. The lowest BCUT2D eigenvalue weighted by atomic mass is 10.0. The Morgan fingerprint density at radius 2 is 1.65 bits per heavy atom. The van der Waals surface area contributed by atoms with Gasteiger partial charge in [-0.25, -0.2) is 4.79 Å². The van der Waals surface area contributed by atoms with Gasteiger partial charge >= 0.3 is 6.03 Å². The number of nitrogens with zero attached hydrogens (tertiary/aromatic N) is 2. The van der Waals surface area contributed by atoms with Crippen LogP contribution in [0.3, 0.4) is 0 Å². The van der Waals surface area contributed by atoms with E-state index in [4.69, 9.17) is 15.2 Å². The molecule has 0 aromatic heterocycles. The largest absolute Gasteiger partial charge is 0.497 e. The zero-order valence-electron chi connectivity index (χ0n) is 29.8. The molecule has 0 bridgehead atoms. The second kappa shape index (κ2) is 18.6. The number of carbonyl (C=O) groups is 4. The van der Waals surface area contributed by atoms with Gasteiger partial charge < -0.3 is 46.1 Å². The minimum Gasteiger partial charge on any atom is -0.497 e. The third kappa shape index (κ3) is 11.4. The van der Waals surface area contributed by atoms with E-state index in [1.54, 1.807) is 92.7 Å². The molecular weight excluding hydrogens is 652 g/mol. The number of amides is 5. The molecule has 0 saturated carbocycles. The van der Waals surface area contributed by atoms with Crippen LogP contribution in [0.1, 0.15) is 51.5 Å². The van der Waals surface area contributed by atoms with Gasteiger partial charge in [0, 0.05) is 49.3 Å². The number of anilines is 4. The Morgan fingerprint density at radius 3 is 2.31 bits per heavy atom. The average molecular weight is 703 g/mol. The lowest BCUT2D eigenvalue weighted by Gasteiger charge is -2.34. The van der Waals surface area contributed by atoms with Crippen LogP contribution in [0, 0.1) is 5.92 Å². The summed E-state index contributed by atoms with van der Waals surface area (Å²) in [6, 6.07) is 18.5. The molecule has 3 aromatic rings. The Balaban J connectivity index is 1.37. The molecule has 0 spiro atoms. The molecule has 1 aliphatic heterocycles. The molecule has 51 heavy (non-hydrogen) atoms. The summed E-state index contributed by atoms with van der Waals surface area (Å²) in [4.78, 5) is 55.0. The monoisotopic (exact) mass is 702 g/mol.